The van der Waals surface area contributed by atoms with Crippen molar-refractivity contribution in [2.45, 2.75) is 13.8 Å². The van der Waals surface area contributed by atoms with Crippen LogP contribution in [0, 0.1) is 0 Å². The predicted molar refractivity (Wildman–Crippen MR) is 80.9 cm³/mol. The Bertz CT molecular complexity index is 491. The summed E-state index contributed by atoms with van der Waals surface area (Å²) >= 11 is 1.59. The fourth-order valence-corrected chi connectivity index (χ4v) is 1.96. The van der Waals surface area contributed by atoms with Crippen LogP contribution in [0.3, 0.4) is 0 Å². The summed E-state index contributed by atoms with van der Waals surface area (Å²) in [5, 5.41) is 1.93. The Morgan fingerprint density at radius 2 is 1.83 bits per heavy atom. The van der Waals surface area contributed by atoms with Gasteiger partial charge in [-0.15, -0.1) is 11.8 Å². The van der Waals surface area contributed by atoms with Crippen molar-refractivity contribution in [1.82, 2.24) is 0 Å². The van der Waals surface area contributed by atoms with Gasteiger partial charge < -0.3 is 0 Å². The highest BCUT2D eigenvalue weighted by Crippen LogP contribution is 2.20. The van der Waals surface area contributed by atoms with Crippen LogP contribution in [-0.4, -0.2) is 12.0 Å². The largest absolute Gasteiger partial charge is 0.289 e. The van der Waals surface area contributed by atoms with Crippen LogP contribution in [0.4, 0.5) is 0 Å². The first-order chi connectivity index (χ1) is 8.57. The molecular weight excluding hydrogens is 240 g/mol. The van der Waals surface area contributed by atoms with Crippen molar-refractivity contribution < 1.29 is 4.79 Å². The third-order valence-corrected chi connectivity index (χ3v) is 2.90. The van der Waals surface area contributed by atoms with Crippen LogP contribution in [0.2, 0.25) is 0 Å². The quantitative estimate of drug-likeness (QED) is 0.435. The minimum atomic E-state index is 0.0337. The van der Waals surface area contributed by atoms with E-state index in [2.05, 4.69) is 6.58 Å². The van der Waals surface area contributed by atoms with Crippen molar-refractivity contribution in [3.63, 3.8) is 0 Å². The van der Waals surface area contributed by atoms with Crippen LogP contribution in [0.1, 0.15) is 24.2 Å². The Kier molecular flexibility index (Phi) is 5.66. The zero-order chi connectivity index (χ0) is 13.5. The molecule has 0 aromatic heterocycles. The Balaban J connectivity index is 3.10. The van der Waals surface area contributed by atoms with Gasteiger partial charge in [-0.05, 0) is 37.2 Å². The van der Waals surface area contributed by atoms with Crippen LogP contribution >= 0.6 is 11.8 Å². The SMILES string of the molecule is C=C(/C=C\SC)C(C(=O)c1ccccc1)=C(C)C. The molecule has 94 valence electrons. The molecule has 0 atom stereocenters. The molecule has 1 rings (SSSR count). The zero-order valence-corrected chi connectivity index (χ0v) is 11.9. The second-order valence-electron chi connectivity index (χ2n) is 4.13. The summed E-state index contributed by atoms with van der Waals surface area (Å²) in [6.45, 7) is 7.86. The molecule has 0 radical (unpaired) electrons. The van der Waals surface area contributed by atoms with Gasteiger partial charge in [0.05, 0.1) is 0 Å². The van der Waals surface area contributed by atoms with E-state index in [0.29, 0.717) is 11.1 Å². The molecule has 0 aliphatic heterocycles. The van der Waals surface area contributed by atoms with Gasteiger partial charge in [0.1, 0.15) is 0 Å². The molecule has 0 heterocycles. The number of thioether (sulfide) groups is 1. The number of allylic oxidation sites excluding steroid dienone is 4. The molecule has 1 aromatic carbocycles. The molecule has 0 bridgehead atoms. The van der Waals surface area contributed by atoms with Gasteiger partial charge in [-0.25, -0.2) is 0 Å². The van der Waals surface area contributed by atoms with Crippen LogP contribution in [-0.2, 0) is 0 Å². The van der Waals surface area contributed by atoms with Crippen molar-refractivity contribution in [1.29, 1.82) is 0 Å². The number of Topliss-reactive ketones (excluding diaryl/α,β-unsaturated/α-hetero) is 1. The molecule has 0 saturated heterocycles. The van der Waals surface area contributed by atoms with Gasteiger partial charge in [0.2, 0.25) is 0 Å². The summed E-state index contributed by atoms with van der Waals surface area (Å²) in [5.41, 5.74) is 3.15. The van der Waals surface area contributed by atoms with Gasteiger partial charge >= 0.3 is 0 Å². The third-order valence-electron chi connectivity index (χ3n) is 2.49. The van der Waals surface area contributed by atoms with Crippen molar-refractivity contribution in [2.24, 2.45) is 0 Å². The minimum absolute atomic E-state index is 0.0337. The zero-order valence-electron chi connectivity index (χ0n) is 11.1. The van der Waals surface area contributed by atoms with Gasteiger partial charge in [0, 0.05) is 11.1 Å². The maximum absolute atomic E-state index is 12.4. The van der Waals surface area contributed by atoms with E-state index >= 15 is 0 Å². The fourth-order valence-electron chi connectivity index (χ4n) is 1.66. The van der Waals surface area contributed by atoms with Gasteiger partial charge in [-0.3, -0.25) is 4.79 Å². The van der Waals surface area contributed by atoms with E-state index in [1.807, 2.05) is 61.9 Å². The first kappa shape index (κ1) is 14.5. The average molecular weight is 258 g/mol. The maximum atomic E-state index is 12.4. The van der Waals surface area contributed by atoms with E-state index in [1.54, 1.807) is 11.8 Å². The molecule has 2 heteroatoms. The molecule has 0 unspecified atom stereocenters. The molecule has 1 nitrogen and oxygen atoms in total. The monoisotopic (exact) mass is 258 g/mol. The number of carbonyl (C=O) groups is 1. The molecule has 0 aliphatic rings. The predicted octanol–water partition coefficient (Wildman–Crippen LogP) is 4.64. The van der Waals surface area contributed by atoms with Crippen molar-refractivity contribution in [3.05, 3.63) is 70.7 Å². The van der Waals surface area contributed by atoms with Crippen molar-refractivity contribution >= 4 is 17.5 Å². The third kappa shape index (κ3) is 3.74. The topological polar surface area (TPSA) is 17.1 Å². The summed E-state index contributed by atoms with van der Waals surface area (Å²) in [5.74, 6) is 0.0337. The Morgan fingerprint density at radius 1 is 1.22 bits per heavy atom. The number of rotatable bonds is 5. The molecule has 0 fully saturated rings. The molecular formula is C16H18OS. The smallest absolute Gasteiger partial charge is 0.193 e. The minimum Gasteiger partial charge on any atom is -0.289 e. The second-order valence-corrected chi connectivity index (χ2v) is 4.88. The van der Waals surface area contributed by atoms with Crippen molar-refractivity contribution in [3.8, 4) is 0 Å². The van der Waals surface area contributed by atoms with Gasteiger partial charge in [0.25, 0.3) is 0 Å². The van der Waals surface area contributed by atoms with E-state index in [1.165, 1.54) is 0 Å². The lowest BCUT2D eigenvalue weighted by atomic mass is 9.94. The molecule has 0 amide bonds. The summed E-state index contributed by atoms with van der Waals surface area (Å²) in [7, 11) is 0. The number of hydrogen-bond acceptors (Lipinski definition) is 2. The van der Waals surface area contributed by atoms with Gasteiger partial charge in [-0.1, -0.05) is 42.5 Å². The molecule has 0 N–H and O–H groups in total. The van der Waals surface area contributed by atoms with Gasteiger partial charge in [-0.2, -0.15) is 0 Å². The number of hydrogen-bond donors (Lipinski definition) is 0. The summed E-state index contributed by atoms with van der Waals surface area (Å²) in [6, 6.07) is 9.31. The van der Waals surface area contributed by atoms with E-state index in [9.17, 15) is 4.79 Å². The van der Waals surface area contributed by atoms with E-state index in [0.717, 1.165) is 11.1 Å². The van der Waals surface area contributed by atoms with E-state index < -0.39 is 0 Å². The number of carbonyl (C=O) groups excluding carboxylic acids is 1. The first-order valence-electron chi connectivity index (χ1n) is 5.73. The molecule has 0 saturated carbocycles. The Hall–Kier alpha value is -1.54. The molecule has 0 spiro atoms. The van der Waals surface area contributed by atoms with Crippen LogP contribution in [0.5, 0.6) is 0 Å². The Morgan fingerprint density at radius 3 is 2.33 bits per heavy atom. The highest BCUT2D eigenvalue weighted by Gasteiger charge is 2.14. The summed E-state index contributed by atoms with van der Waals surface area (Å²) < 4.78 is 0. The lowest BCUT2D eigenvalue weighted by Gasteiger charge is -2.09. The van der Waals surface area contributed by atoms with Crippen molar-refractivity contribution in [2.75, 3.05) is 6.26 Å². The highest BCUT2D eigenvalue weighted by atomic mass is 32.2. The first-order valence-corrected chi connectivity index (χ1v) is 7.02. The standard InChI is InChI=1S/C16H18OS/c1-12(2)15(13(3)10-11-18-4)16(17)14-8-6-5-7-9-14/h5-11H,3H2,1-2,4H3/b11-10-. The molecule has 1 aromatic rings. The fraction of sp³-hybridized carbons (Fsp3) is 0.188. The molecule has 0 aliphatic carbocycles. The molecule has 18 heavy (non-hydrogen) atoms. The van der Waals surface area contributed by atoms with E-state index in [4.69, 9.17) is 0 Å². The van der Waals surface area contributed by atoms with E-state index in [-0.39, 0.29) is 5.78 Å². The van der Waals surface area contributed by atoms with Crippen LogP contribution < -0.4 is 0 Å². The van der Waals surface area contributed by atoms with Gasteiger partial charge in [0.15, 0.2) is 5.78 Å². The number of benzene rings is 1. The second kappa shape index (κ2) is 7.02. The maximum Gasteiger partial charge on any atom is 0.193 e. The normalized spacial score (nSPS) is 10.4. The lowest BCUT2D eigenvalue weighted by Crippen LogP contribution is -2.06. The summed E-state index contributed by atoms with van der Waals surface area (Å²) in [6.07, 6.45) is 3.86. The Labute approximate surface area is 113 Å². The number of ketones is 1. The van der Waals surface area contributed by atoms with Crippen LogP contribution in [0.15, 0.2) is 65.1 Å². The lowest BCUT2D eigenvalue weighted by molar-refractivity contribution is 0.103. The average Bonchev–Trinajstić information content (AvgIpc) is 2.37. The van der Waals surface area contributed by atoms with Crippen LogP contribution in [0.25, 0.3) is 0 Å². The highest BCUT2D eigenvalue weighted by molar-refractivity contribution is 8.01. The summed E-state index contributed by atoms with van der Waals surface area (Å²) in [4.78, 5) is 12.4.